The van der Waals surface area contributed by atoms with Gasteiger partial charge in [-0.25, -0.2) is 24.2 Å². The number of unbranched alkanes of at least 4 members (excludes halogenated alkanes) is 1. The van der Waals surface area contributed by atoms with Crippen LogP contribution in [0.15, 0.2) is 78.2 Å². The van der Waals surface area contributed by atoms with Crippen LogP contribution in [-0.4, -0.2) is 299 Å². The van der Waals surface area contributed by atoms with Crippen molar-refractivity contribution in [1.29, 1.82) is 0 Å². The lowest BCUT2D eigenvalue weighted by Crippen LogP contribution is -2.61. The molecular formula is C87H134N10O24. The van der Waals surface area contributed by atoms with Gasteiger partial charge in [-0.3, -0.25) is 19.2 Å². The van der Waals surface area contributed by atoms with Crippen LogP contribution in [0, 0.1) is 29.6 Å². The summed E-state index contributed by atoms with van der Waals surface area (Å²) in [6.45, 7) is 17.7. The largest absolute Gasteiger partial charge is 0.508 e. The number of hydrogen-bond donors (Lipinski definition) is 9. The lowest BCUT2D eigenvalue weighted by Gasteiger charge is -2.42. The maximum Gasteiger partial charge on any atom is 0.407 e. The van der Waals surface area contributed by atoms with Gasteiger partial charge < -0.3 is 119 Å². The molecule has 3 aromatic heterocycles. The van der Waals surface area contributed by atoms with Crippen LogP contribution >= 0.6 is 0 Å². The number of anilines is 1. The number of ketones is 2. The predicted molar refractivity (Wildman–Crippen MR) is 449 cm³/mol. The smallest absolute Gasteiger partial charge is 0.407 e. The van der Waals surface area contributed by atoms with Gasteiger partial charge >= 0.3 is 12.1 Å². The van der Waals surface area contributed by atoms with Gasteiger partial charge in [-0.1, -0.05) is 64.2 Å². The van der Waals surface area contributed by atoms with E-state index in [0.29, 0.717) is 178 Å². The Kier molecular flexibility index (Phi) is 42.5. The number of aliphatic hydroxyl groups excluding tert-OH is 2. The Balaban J connectivity index is 0.653. The van der Waals surface area contributed by atoms with Crippen molar-refractivity contribution in [2.24, 2.45) is 35.3 Å². The number of cyclic esters (lactones) is 1. The van der Waals surface area contributed by atoms with E-state index >= 15 is 0 Å². The summed E-state index contributed by atoms with van der Waals surface area (Å²) in [5, 5.41) is 57.7. The summed E-state index contributed by atoms with van der Waals surface area (Å²) in [5.41, 5.74) is 17.4. The quantitative estimate of drug-likeness (QED) is 0.00928. The molecule has 3 aliphatic heterocycles. The number of methoxy groups -OCH3 is 3. The Morgan fingerprint density at radius 3 is 2.02 bits per heavy atom. The molecule has 0 unspecified atom stereocenters. The molecule has 4 aliphatic rings. The molecule has 676 valence electrons. The van der Waals surface area contributed by atoms with Crippen molar-refractivity contribution >= 4 is 63.2 Å². The second-order valence-corrected chi connectivity index (χ2v) is 32.0. The minimum Gasteiger partial charge on any atom is -0.508 e. The summed E-state index contributed by atoms with van der Waals surface area (Å²) in [7, 11) is 4.47. The number of hydrogen-bond acceptors (Lipinski definition) is 29. The van der Waals surface area contributed by atoms with Crippen molar-refractivity contribution in [3.63, 3.8) is 0 Å². The number of Topliss-reactive ketones (excluding diaryl/α,β-unsaturated/α-hetero) is 2. The summed E-state index contributed by atoms with van der Waals surface area (Å²) in [5.74, 6) is -7.53. The van der Waals surface area contributed by atoms with Crippen LogP contribution in [0.1, 0.15) is 138 Å². The van der Waals surface area contributed by atoms with Gasteiger partial charge in [0, 0.05) is 101 Å². The first-order chi connectivity index (χ1) is 58.3. The fraction of sp³-hybridized carbons (Fsp3) is 0.690. The number of alkyl carbamates (subject to hydrolysis) is 1. The van der Waals surface area contributed by atoms with Gasteiger partial charge in [0.25, 0.3) is 11.7 Å². The molecule has 1 aliphatic carbocycles. The molecule has 0 spiro atoms. The molecule has 8 rings (SSSR count). The summed E-state index contributed by atoms with van der Waals surface area (Å²) < 4.78 is 82.3. The van der Waals surface area contributed by atoms with Gasteiger partial charge in [0.15, 0.2) is 11.4 Å². The number of piperidine rings is 1. The molecule has 34 nitrogen and oxygen atoms in total. The Morgan fingerprint density at radius 1 is 0.711 bits per heavy atom. The van der Waals surface area contributed by atoms with Gasteiger partial charge in [0.2, 0.25) is 11.7 Å². The highest BCUT2D eigenvalue weighted by atomic mass is 16.6. The number of nitrogens with zero attached hydrogens (tertiary/aromatic N) is 5. The normalized spacial score (nSPS) is 27.8. The number of aromatic amines is 1. The Hall–Kier alpha value is -7.75. The number of esters is 1. The maximum atomic E-state index is 14.7. The van der Waals surface area contributed by atoms with Crippen molar-refractivity contribution in [1.82, 2.24) is 40.3 Å². The van der Waals surface area contributed by atoms with Gasteiger partial charge in [-0.05, 0) is 138 Å². The topological polar surface area (TPSA) is 451 Å². The second-order valence-electron chi connectivity index (χ2n) is 32.0. The number of allylic oxidation sites excluding steroid dienone is 5. The number of fused-ring (bicyclic) bond motifs is 5. The van der Waals surface area contributed by atoms with Gasteiger partial charge in [-0.15, -0.1) is 0 Å². The highest BCUT2D eigenvalue weighted by Crippen LogP contribution is 2.39. The third kappa shape index (κ3) is 31.2. The van der Waals surface area contributed by atoms with E-state index in [1.807, 2.05) is 50.3 Å². The number of benzene rings is 1. The number of nitrogens with two attached hydrogens (primary N) is 2. The number of aromatic hydroxyl groups is 1. The van der Waals surface area contributed by atoms with E-state index in [1.165, 1.54) is 20.5 Å². The van der Waals surface area contributed by atoms with Crippen LogP contribution in [-0.2, 0) is 96.8 Å². The van der Waals surface area contributed by atoms with Crippen molar-refractivity contribution in [2.45, 2.75) is 211 Å². The fourth-order valence-corrected chi connectivity index (χ4v) is 15.7. The van der Waals surface area contributed by atoms with Gasteiger partial charge in [0.1, 0.15) is 54.0 Å². The summed E-state index contributed by atoms with van der Waals surface area (Å²) in [6.07, 6.45) is 10.8. The summed E-state index contributed by atoms with van der Waals surface area (Å²) >= 11 is 0. The lowest BCUT2D eigenvalue weighted by atomic mass is 9.80. The SMILES string of the molecule is CO[C@H]1C[C@@H]2CC[C@@H](C)[C@@](O)(O2)C(=O)C(=O)N2CCCC[C@H]2C(=O)O[C@H]([C@H](N)C[C@@H]2CC[C@@H](OC(=O)NCCOCCOCCOCCOCCOCCOCCOCCOCCC(=O)NCCCCn3nc(-c4cc5cc(O)ccc5[nH]4)c4c(N)ncnc43)[C@H](OC)C2)C[C@@H](O)[C@H](C)/C=C(\C)[C@@H](O)[C@@H](OC)C(=O)[C@H](C)C[C@H](C)/C=C/C=C/C=C/1C. The fourth-order valence-electron chi connectivity index (χ4n) is 15.7. The molecule has 3 fully saturated rings. The minimum absolute atomic E-state index is 0.0174. The standard InChI is InChI=1S/C87H134N10O24/c1-56-17-11-10-12-18-57(2)72(108-7)53-65-23-20-61(6)87(107,121-65)81(103)84(104)96-29-15-13-19-69(96)85(105)119-73(54-70(99)58(3)48-60(5)79(102)80(110-9)78(101)59(4)47-56)66(88)49-62-21-25-71(74(50-62)109-8)120-86(106)91-28-32-112-34-36-114-38-40-116-42-44-118-46-45-117-43-41-115-39-37-113-35-33-111-31-26-75(100)90-27-14-16-30-97-83-76(82(89)92-55-93-83)77(95-97)68-52-63-51-64(98)22-24-67(63)94-68/h10-12,17-18,22,24,48,51-52,55-56,58-59,61-62,65-66,69-74,79-80,94,98-99,102,107H,13-16,19-21,23,25-47,49-50,53-54,88H2,1-9H3,(H,90,100)(H,91,106)(H2,89,92,93)/b12-10+,17-11+,57-18+,60-48+/t56-,58-,59-,61-,62+,65+,66-,69+,70-,71-,72+,73+,74-,79-,80+,87-/m1/s1. The Morgan fingerprint density at radius 2 is 1.37 bits per heavy atom. The highest BCUT2D eigenvalue weighted by Gasteiger charge is 2.53. The minimum atomic E-state index is -2.49. The van der Waals surface area contributed by atoms with Crippen LogP contribution < -0.4 is 22.1 Å². The zero-order valence-electron chi connectivity index (χ0n) is 72.1. The second kappa shape index (κ2) is 52.1. The molecule has 1 saturated carbocycles. The van der Waals surface area contributed by atoms with Crippen molar-refractivity contribution in [3.05, 3.63) is 78.2 Å². The summed E-state index contributed by atoms with van der Waals surface area (Å²) in [6, 6.07) is 4.87. The number of nitrogen functional groups attached to an aromatic ring is 1. The number of phenolic OH excluding ortho intramolecular Hbond substituents is 1. The van der Waals surface area contributed by atoms with E-state index in [1.54, 1.807) is 63.8 Å². The van der Waals surface area contributed by atoms with Crippen molar-refractivity contribution < 1.29 is 116 Å². The van der Waals surface area contributed by atoms with Crippen molar-refractivity contribution in [2.75, 3.05) is 152 Å². The molecule has 4 aromatic rings. The third-order valence-electron chi connectivity index (χ3n) is 22.8. The molecule has 3 amide bonds. The molecule has 11 N–H and O–H groups in total. The predicted octanol–water partition coefficient (Wildman–Crippen LogP) is 7.09. The van der Waals surface area contributed by atoms with E-state index in [4.69, 9.17) is 82.9 Å². The average Bonchev–Trinajstić information content (AvgIpc) is 1.69. The number of rotatable bonds is 40. The van der Waals surface area contributed by atoms with Crippen LogP contribution in [0.4, 0.5) is 10.6 Å². The van der Waals surface area contributed by atoms with E-state index in [2.05, 4.69) is 25.6 Å². The van der Waals surface area contributed by atoms with E-state index in [0.717, 1.165) is 39.9 Å². The first-order valence-corrected chi connectivity index (χ1v) is 42.9. The first-order valence-electron chi connectivity index (χ1n) is 42.9. The lowest BCUT2D eigenvalue weighted by molar-refractivity contribution is -0.265. The number of H-pyrrole nitrogens is 1. The molecule has 121 heavy (non-hydrogen) atoms. The first kappa shape index (κ1) is 98.7. The van der Waals surface area contributed by atoms with E-state index < -0.39 is 108 Å². The number of aromatic nitrogens is 5. The molecule has 6 heterocycles. The number of aliphatic hydroxyl groups is 3. The Labute approximate surface area is 710 Å². The number of amides is 3. The van der Waals surface area contributed by atoms with Gasteiger partial charge in [0.05, 0.1) is 141 Å². The Bertz CT molecular complexity index is 3970. The molecule has 34 heteroatoms. The van der Waals surface area contributed by atoms with Gasteiger partial charge in [-0.2, -0.15) is 5.10 Å². The number of aryl methyl sites for hydroxylation is 1. The number of ether oxygens (including phenoxy) is 14. The maximum absolute atomic E-state index is 14.7. The number of phenols is 1. The van der Waals surface area contributed by atoms with E-state index in [9.17, 15) is 49.2 Å². The van der Waals surface area contributed by atoms with Crippen LogP contribution in [0.3, 0.4) is 0 Å². The van der Waals surface area contributed by atoms with Crippen molar-refractivity contribution in [3.8, 4) is 17.1 Å². The molecular weight excluding hydrogens is 1570 g/mol. The molecule has 1 aromatic carbocycles. The molecule has 2 saturated heterocycles. The zero-order valence-corrected chi connectivity index (χ0v) is 72.1. The number of nitrogens with one attached hydrogen (secondary N) is 3. The molecule has 16 atom stereocenters. The van der Waals surface area contributed by atoms with Crippen LogP contribution in [0.5, 0.6) is 5.75 Å². The van der Waals surface area contributed by atoms with Crippen LogP contribution in [0.2, 0.25) is 0 Å². The monoisotopic (exact) mass is 1700 g/mol. The average molecular weight is 1700 g/mol. The number of carbonyl (C=O) groups is 6. The molecule has 0 radical (unpaired) electrons. The van der Waals surface area contributed by atoms with Crippen LogP contribution in [0.25, 0.3) is 33.3 Å². The summed E-state index contributed by atoms with van der Waals surface area (Å²) in [4.78, 5) is 96.2. The zero-order chi connectivity index (χ0) is 87.2. The third-order valence-corrected chi connectivity index (χ3v) is 22.8. The van der Waals surface area contributed by atoms with E-state index in [-0.39, 0.29) is 94.3 Å². The highest BCUT2D eigenvalue weighted by molar-refractivity contribution is 6.39. The number of carbonyl (C=O) groups excluding carboxylic acids is 6. The molecule has 2 bridgehead atoms.